The van der Waals surface area contributed by atoms with E-state index < -0.39 is 0 Å². The highest BCUT2D eigenvalue weighted by molar-refractivity contribution is 5.79. The van der Waals surface area contributed by atoms with Crippen LogP contribution in [0.3, 0.4) is 0 Å². The monoisotopic (exact) mass is 261 g/mol. The Bertz CT molecular complexity index is 420. The third-order valence-electron chi connectivity index (χ3n) is 3.52. The molecule has 1 aliphatic heterocycles. The van der Waals surface area contributed by atoms with Gasteiger partial charge in [0, 0.05) is 25.7 Å². The van der Waals surface area contributed by atoms with E-state index in [1.54, 1.807) is 0 Å². The van der Waals surface area contributed by atoms with E-state index in [0.717, 1.165) is 26.1 Å². The lowest BCUT2D eigenvalue weighted by molar-refractivity contribution is -0.120. The average Bonchev–Trinajstić information content (AvgIpc) is 2.76. The maximum atomic E-state index is 11.4. The summed E-state index contributed by atoms with van der Waals surface area (Å²) in [6.45, 7) is 6.90. The first kappa shape index (κ1) is 14.0. The van der Waals surface area contributed by atoms with E-state index in [2.05, 4.69) is 34.5 Å². The van der Waals surface area contributed by atoms with Crippen molar-refractivity contribution in [3.05, 3.63) is 35.4 Å². The van der Waals surface area contributed by atoms with Crippen molar-refractivity contribution in [3.8, 4) is 0 Å². The molecule has 1 aromatic carbocycles. The maximum absolute atomic E-state index is 11.4. The summed E-state index contributed by atoms with van der Waals surface area (Å²) in [5.74, 6) is -0.259. The van der Waals surface area contributed by atoms with Crippen molar-refractivity contribution in [2.75, 3.05) is 6.54 Å². The fraction of sp³-hybridized carbons (Fsp3) is 0.533. The third kappa shape index (κ3) is 3.78. The molecule has 0 bridgehead atoms. The Morgan fingerprint density at radius 2 is 1.89 bits per heavy atom. The van der Waals surface area contributed by atoms with Crippen molar-refractivity contribution in [3.63, 3.8) is 0 Å². The zero-order valence-corrected chi connectivity index (χ0v) is 11.7. The minimum Gasteiger partial charge on any atom is -0.368 e. The first-order valence-electron chi connectivity index (χ1n) is 6.90. The van der Waals surface area contributed by atoms with Gasteiger partial charge in [0.25, 0.3) is 0 Å². The number of fused-ring (bicyclic) bond motifs is 1. The smallest absolute Gasteiger partial charge is 0.234 e. The van der Waals surface area contributed by atoms with Gasteiger partial charge >= 0.3 is 0 Å². The summed E-state index contributed by atoms with van der Waals surface area (Å²) < 4.78 is 0. The summed E-state index contributed by atoms with van der Waals surface area (Å²) in [4.78, 5) is 13.8. The number of nitrogens with two attached hydrogens (primary N) is 1. The highest BCUT2D eigenvalue weighted by Gasteiger charge is 2.21. The Morgan fingerprint density at radius 3 is 2.37 bits per heavy atom. The highest BCUT2D eigenvalue weighted by Crippen LogP contribution is 2.22. The zero-order valence-electron chi connectivity index (χ0n) is 11.7. The van der Waals surface area contributed by atoms with Crippen LogP contribution in [0.4, 0.5) is 0 Å². The molecule has 4 heteroatoms. The quantitative estimate of drug-likeness (QED) is 0.810. The summed E-state index contributed by atoms with van der Waals surface area (Å²) in [7, 11) is 0. The fourth-order valence-corrected chi connectivity index (χ4v) is 2.58. The normalized spacial score (nSPS) is 16.6. The largest absolute Gasteiger partial charge is 0.368 e. The van der Waals surface area contributed by atoms with Crippen molar-refractivity contribution < 1.29 is 4.79 Å². The summed E-state index contributed by atoms with van der Waals surface area (Å²) in [6, 6.07) is 8.54. The van der Waals surface area contributed by atoms with Crippen molar-refractivity contribution in [2.45, 2.75) is 45.4 Å². The van der Waals surface area contributed by atoms with E-state index in [0.29, 0.717) is 0 Å². The molecule has 0 saturated heterocycles. The van der Waals surface area contributed by atoms with Gasteiger partial charge in [0.1, 0.15) is 0 Å². The van der Waals surface area contributed by atoms with Crippen LogP contribution in [-0.2, 0) is 17.9 Å². The van der Waals surface area contributed by atoms with E-state index in [-0.39, 0.29) is 18.0 Å². The number of hydrogen-bond acceptors (Lipinski definition) is 3. The fourth-order valence-electron chi connectivity index (χ4n) is 2.58. The van der Waals surface area contributed by atoms with E-state index >= 15 is 0 Å². The molecule has 1 aromatic rings. The van der Waals surface area contributed by atoms with Crippen molar-refractivity contribution >= 4 is 5.91 Å². The number of nitrogens with zero attached hydrogens (tertiary/aromatic N) is 1. The lowest BCUT2D eigenvalue weighted by atomic mass is 10.1. The van der Waals surface area contributed by atoms with Crippen LogP contribution in [-0.4, -0.2) is 29.4 Å². The summed E-state index contributed by atoms with van der Waals surface area (Å²) in [6.07, 6.45) is 0.765. The van der Waals surface area contributed by atoms with Crippen LogP contribution in [0.5, 0.6) is 0 Å². The van der Waals surface area contributed by atoms with Gasteiger partial charge in [0.2, 0.25) is 5.91 Å². The van der Waals surface area contributed by atoms with Crippen LogP contribution >= 0.6 is 0 Å². The predicted octanol–water partition coefficient (Wildman–Crippen LogP) is 1.24. The first-order valence-corrected chi connectivity index (χ1v) is 6.90. The number of amides is 1. The Labute approximate surface area is 115 Å². The van der Waals surface area contributed by atoms with Gasteiger partial charge in [0.05, 0.1) is 6.04 Å². The molecule has 0 spiro atoms. The van der Waals surface area contributed by atoms with Gasteiger partial charge in [-0.1, -0.05) is 38.1 Å². The molecule has 1 amide bonds. The molecule has 1 unspecified atom stereocenters. The van der Waals surface area contributed by atoms with Crippen LogP contribution in [0.25, 0.3) is 0 Å². The number of hydrogen-bond donors (Lipinski definition) is 2. The lowest BCUT2D eigenvalue weighted by Crippen LogP contribution is -2.46. The molecule has 4 nitrogen and oxygen atoms in total. The Morgan fingerprint density at radius 1 is 1.32 bits per heavy atom. The number of carbonyl (C=O) groups is 1. The molecule has 19 heavy (non-hydrogen) atoms. The van der Waals surface area contributed by atoms with Crippen LogP contribution in [0, 0.1) is 0 Å². The van der Waals surface area contributed by atoms with E-state index in [4.69, 9.17) is 5.73 Å². The second-order valence-electron chi connectivity index (χ2n) is 5.54. The minimum atomic E-state index is -0.259. The molecule has 0 fully saturated rings. The lowest BCUT2D eigenvalue weighted by Gasteiger charge is -2.21. The predicted molar refractivity (Wildman–Crippen MR) is 76.4 cm³/mol. The SMILES string of the molecule is CC(C)NC(CCN1Cc2ccccc2C1)C(N)=O. The van der Waals surface area contributed by atoms with Gasteiger partial charge in [-0.2, -0.15) is 0 Å². The Balaban J connectivity index is 1.85. The molecule has 0 aliphatic carbocycles. The van der Waals surface area contributed by atoms with Crippen molar-refractivity contribution in [1.29, 1.82) is 0 Å². The molecule has 104 valence electrons. The van der Waals surface area contributed by atoms with Gasteiger partial charge < -0.3 is 11.1 Å². The molecule has 2 rings (SSSR count). The number of carbonyl (C=O) groups excluding carboxylic acids is 1. The molecule has 3 N–H and O–H groups in total. The molecule has 1 atom stereocenters. The van der Waals surface area contributed by atoms with Crippen LogP contribution in [0.15, 0.2) is 24.3 Å². The van der Waals surface area contributed by atoms with Gasteiger partial charge in [-0.25, -0.2) is 0 Å². The number of nitrogens with one attached hydrogen (secondary N) is 1. The van der Waals surface area contributed by atoms with Crippen LogP contribution < -0.4 is 11.1 Å². The second kappa shape index (κ2) is 6.17. The maximum Gasteiger partial charge on any atom is 0.234 e. The zero-order chi connectivity index (χ0) is 13.8. The van der Waals surface area contributed by atoms with Gasteiger partial charge in [-0.3, -0.25) is 9.69 Å². The van der Waals surface area contributed by atoms with Crippen molar-refractivity contribution in [1.82, 2.24) is 10.2 Å². The first-order chi connectivity index (χ1) is 9.06. The molecule has 1 heterocycles. The average molecular weight is 261 g/mol. The van der Waals surface area contributed by atoms with Crippen LogP contribution in [0.2, 0.25) is 0 Å². The standard InChI is InChI=1S/C15H23N3O/c1-11(2)17-14(15(16)19)7-8-18-9-12-5-3-4-6-13(12)10-18/h3-6,11,14,17H,7-10H2,1-2H3,(H2,16,19). The molecular formula is C15H23N3O. The Kier molecular flexibility index (Phi) is 4.56. The summed E-state index contributed by atoms with van der Waals surface area (Å²) in [5.41, 5.74) is 8.23. The number of benzene rings is 1. The summed E-state index contributed by atoms with van der Waals surface area (Å²) >= 11 is 0. The molecular weight excluding hydrogens is 238 g/mol. The number of primary amides is 1. The Hall–Kier alpha value is -1.39. The van der Waals surface area contributed by atoms with Gasteiger partial charge in [-0.05, 0) is 17.5 Å². The highest BCUT2D eigenvalue weighted by atomic mass is 16.1. The molecule has 0 aromatic heterocycles. The minimum absolute atomic E-state index is 0.233. The third-order valence-corrected chi connectivity index (χ3v) is 3.52. The van der Waals surface area contributed by atoms with Crippen molar-refractivity contribution in [2.24, 2.45) is 5.73 Å². The molecule has 1 aliphatic rings. The van der Waals surface area contributed by atoms with E-state index in [9.17, 15) is 4.79 Å². The van der Waals surface area contributed by atoms with E-state index in [1.807, 2.05) is 13.8 Å². The summed E-state index contributed by atoms with van der Waals surface area (Å²) in [5, 5.41) is 3.22. The topological polar surface area (TPSA) is 58.4 Å². The van der Waals surface area contributed by atoms with Gasteiger partial charge in [-0.15, -0.1) is 0 Å². The second-order valence-corrected chi connectivity index (χ2v) is 5.54. The van der Waals surface area contributed by atoms with Gasteiger partial charge in [0.15, 0.2) is 0 Å². The van der Waals surface area contributed by atoms with E-state index in [1.165, 1.54) is 11.1 Å². The molecule has 0 saturated carbocycles. The number of rotatable bonds is 6. The van der Waals surface area contributed by atoms with Crippen LogP contribution in [0.1, 0.15) is 31.4 Å². The molecule has 0 radical (unpaired) electrons.